The lowest BCUT2D eigenvalue weighted by atomic mass is 10.0. The summed E-state index contributed by atoms with van der Waals surface area (Å²) in [6, 6.07) is 8.47. The van der Waals surface area contributed by atoms with Gasteiger partial charge in [0.2, 0.25) is 5.75 Å². The summed E-state index contributed by atoms with van der Waals surface area (Å²) in [5.74, 6) is 1.01. The van der Waals surface area contributed by atoms with E-state index in [1.807, 2.05) is 7.05 Å². The molecule has 3 rings (SSSR count). The van der Waals surface area contributed by atoms with Gasteiger partial charge in [-0.1, -0.05) is 12.1 Å². The van der Waals surface area contributed by atoms with E-state index >= 15 is 0 Å². The minimum Gasteiger partial charge on any atom is -0.493 e. The molecular weight excluding hydrogens is 377 g/mol. The summed E-state index contributed by atoms with van der Waals surface area (Å²) in [7, 11) is 6.28. The van der Waals surface area contributed by atoms with Gasteiger partial charge in [0.1, 0.15) is 17.7 Å². The fraction of sp³-hybridized carbons (Fsp3) is 0.238. The zero-order chi connectivity index (χ0) is 21.0. The number of imidazole rings is 1. The van der Waals surface area contributed by atoms with Gasteiger partial charge in [-0.05, 0) is 29.8 Å². The Morgan fingerprint density at radius 1 is 1.07 bits per heavy atom. The number of methoxy groups -OCH3 is 3. The second kappa shape index (κ2) is 8.64. The molecule has 1 heterocycles. The monoisotopic (exact) mass is 399 g/mol. The molecule has 1 N–H and O–H groups in total. The van der Waals surface area contributed by atoms with Gasteiger partial charge in [0.25, 0.3) is 5.91 Å². The van der Waals surface area contributed by atoms with Crippen molar-refractivity contribution in [1.29, 1.82) is 0 Å². The first-order valence-electron chi connectivity index (χ1n) is 8.82. The zero-order valence-corrected chi connectivity index (χ0v) is 16.6. The number of amides is 1. The van der Waals surface area contributed by atoms with Gasteiger partial charge in [-0.15, -0.1) is 0 Å². The van der Waals surface area contributed by atoms with E-state index in [1.54, 1.807) is 41.2 Å². The molecule has 0 saturated heterocycles. The average molecular weight is 399 g/mol. The maximum absolute atomic E-state index is 13.4. The van der Waals surface area contributed by atoms with Crippen LogP contribution >= 0.6 is 0 Å². The Morgan fingerprint density at radius 3 is 2.17 bits per heavy atom. The van der Waals surface area contributed by atoms with Crippen LogP contribution in [0.2, 0.25) is 0 Å². The van der Waals surface area contributed by atoms with Crippen molar-refractivity contribution in [2.45, 2.75) is 6.04 Å². The van der Waals surface area contributed by atoms with Crippen molar-refractivity contribution in [2.24, 2.45) is 7.05 Å². The predicted octanol–water partition coefficient (Wildman–Crippen LogP) is 3.10. The Balaban J connectivity index is 1.99. The van der Waals surface area contributed by atoms with Crippen molar-refractivity contribution in [3.63, 3.8) is 0 Å². The van der Waals surface area contributed by atoms with E-state index in [4.69, 9.17) is 14.2 Å². The van der Waals surface area contributed by atoms with Crippen LogP contribution in [0.1, 0.15) is 27.8 Å². The molecule has 8 heteroatoms. The normalized spacial score (nSPS) is 11.6. The number of aryl methyl sites for hydroxylation is 1. The van der Waals surface area contributed by atoms with Crippen molar-refractivity contribution >= 4 is 5.91 Å². The Kier molecular flexibility index (Phi) is 6.01. The molecule has 3 aromatic rings. The van der Waals surface area contributed by atoms with Crippen molar-refractivity contribution in [1.82, 2.24) is 14.9 Å². The second-order valence-corrected chi connectivity index (χ2v) is 6.27. The van der Waals surface area contributed by atoms with Crippen molar-refractivity contribution in [3.8, 4) is 17.2 Å². The van der Waals surface area contributed by atoms with Crippen LogP contribution in [0.25, 0.3) is 0 Å². The first-order valence-corrected chi connectivity index (χ1v) is 8.82. The summed E-state index contributed by atoms with van der Waals surface area (Å²) < 4.78 is 31.1. The molecule has 1 atom stereocenters. The number of rotatable bonds is 7. The molecule has 0 radical (unpaired) electrons. The third-order valence-electron chi connectivity index (χ3n) is 4.52. The smallest absolute Gasteiger partial charge is 0.252 e. The largest absolute Gasteiger partial charge is 0.493 e. The van der Waals surface area contributed by atoms with Crippen LogP contribution in [0.5, 0.6) is 17.2 Å². The highest BCUT2D eigenvalue weighted by Crippen LogP contribution is 2.38. The van der Waals surface area contributed by atoms with E-state index in [2.05, 4.69) is 10.3 Å². The molecule has 29 heavy (non-hydrogen) atoms. The fourth-order valence-corrected chi connectivity index (χ4v) is 3.03. The maximum atomic E-state index is 13.4. The van der Waals surface area contributed by atoms with Crippen LogP contribution < -0.4 is 19.5 Å². The molecular formula is C21H22FN3O4. The molecule has 0 bridgehead atoms. The highest BCUT2D eigenvalue weighted by molar-refractivity contribution is 5.96. The topological polar surface area (TPSA) is 74.6 Å². The number of ether oxygens (including phenoxy) is 3. The number of nitrogens with one attached hydrogen (secondary N) is 1. The van der Waals surface area contributed by atoms with E-state index in [-0.39, 0.29) is 11.7 Å². The first kappa shape index (κ1) is 20.2. The average Bonchev–Trinajstić information content (AvgIpc) is 3.16. The molecule has 7 nitrogen and oxygen atoms in total. The minimum atomic E-state index is -0.581. The summed E-state index contributed by atoms with van der Waals surface area (Å²) in [6.45, 7) is 0. The Morgan fingerprint density at radius 2 is 1.69 bits per heavy atom. The molecule has 152 valence electrons. The fourth-order valence-electron chi connectivity index (χ4n) is 3.03. The van der Waals surface area contributed by atoms with E-state index in [1.165, 1.54) is 33.5 Å². The molecule has 0 spiro atoms. The lowest BCUT2D eigenvalue weighted by Gasteiger charge is -2.20. The second-order valence-electron chi connectivity index (χ2n) is 6.27. The van der Waals surface area contributed by atoms with Crippen LogP contribution in [0.4, 0.5) is 4.39 Å². The van der Waals surface area contributed by atoms with E-state index < -0.39 is 6.04 Å². The predicted molar refractivity (Wildman–Crippen MR) is 105 cm³/mol. The summed E-state index contributed by atoms with van der Waals surface area (Å²) in [5, 5.41) is 2.96. The number of benzene rings is 2. The van der Waals surface area contributed by atoms with Crippen LogP contribution in [0, 0.1) is 5.82 Å². The summed E-state index contributed by atoms with van der Waals surface area (Å²) >= 11 is 0. The van der Waals surface area contributed by atoms with Crippen molar-refractivity contribution < 1.29 is 23.4 Å². The highest BCUT2D eigenvalue weighted by atomic mass is 19.1. The van der Waals surface area contributed by atoms with Gasteiger partial charge in [0.15, 0.2) is 11.5 Å². The standard InChI is InChI=1S/C21H22FN3O4/c1-25-10-9-23-20(25)18(13-5-7-15(22)8-6-13)24-21(26)14-11-16(27-2)19(29-4)17(12-14)28-3/h5-12,18H,1-4H3,(H,24,26). The minimum absolute atomic E-state index is 0.320. The number of hydrogen-bond donors (Lipinski definition) is 1. The van der Waals surface area contributed by atoms with Gasteiger partial charge in [-0.2, -0.15) is 0 Å². The van der Waals surface area contributed by atoms with Crippen LogP contribution in [-0.2, 0) is 7.05 Å². The number of hydrogen-bond acceptors (Lipinski definition) is 5. The number of nitrogens with zero attached hydrogens (tertiary/aromatic N) is 2. The number of carbonyl (C=O) groups excluding carboxylic acids is 1. The maximum Gasteiger partial charge on any atom is 0.252 e. The Hall–Kier alpha value is -3.55. The summed E-state index contributed by atoms with van der Waals surface area (Å²) in [6.07, 6.45) is 3.41. The van der Waals surface area contributed by atoms with Crippen LogP contribution in [0.3, 0.4) is 0 Å². The molecule has 1 unspecified atom stereocenters. The number of halogens is 1. The molecule has 0 aliphatic rings. The molecule has 0 aliphatic carbocycles. The van der Waals surface area contributed by atoms with E-state index in [9.17, 15) is 9.18 Å². The van der Waals surface area contributed by atoms with Crippen molar-refractivity contribution in [3.05, 3.63) is 71.6 Å². The van der Waals surface area contributed by atoms with Gasteiger partial charge in [-0.3, -0.25) is 4.79 Å². The molecule has 1 amide bonds. The van der Waals surface area contributed by atoms with Gasteiger partial charge in [-0.25, -0.2) is 9.37 Å². The first-order chi connectivity index (χ1) is 14.0. The van der Waals surface area contributed by atoms with Crippen LogP contribution in [-0.4, -0.2) is 36.8 Å². The van der Waals surface area contributed by atoms with Gasteiger partial charge in [0, 0.05) is 25.0 Å². The molecule has 0 aliphatic heterocycles. The van der Waals surface area contributed by atoms with Gasteiger partial charge >= 0.3 is 0 Å². The molecule has 0 fully saturated rings. The van der Waals surface area contributed by atoms with Gasteiger partial charge in [0.05, 0.1) is 21.3 Å². The zero-order valence-electron chi connectivity index (χ0n) is 16.6. The van der Waals surface area contributed by atoms with Gasteiger partial charge < -0.3 is 24.1 Å². The highest BCUT2D eigenvalue weighted by Gasteiger charge is 2.23. The van der Waals surface area contributed by atoms with Crippen LogP contribution in [0.15, 0.2) is 48.8 Å². The Labute approximate surface area is 168 Å². The van der Waals surface area contributed by atoms with Crippen molar-refractivity contribution in [2.75, 3.05) is 21.3 Å². The SMILES string of the molecule is COc1cc(C(=O)NC(c2ccc(F)cc2)c2nccn2C)cc(OC)c1OC. The number of carbonyl (C=O) groups is 1. The number of aromatic nitrogens is 2. The van der Waals surface area contributed by atoms with E-state index in [0.717, 1.165) is 0 Å². The molecule has 2 aromatic carbocycles. The van der Waals surface area contributed by atoms with E-state index in [0.29, 0.717) is 34.2 Å². The molecule has 0 saturated carbocycles. The summed E-state index contributed by atoms with van der Waals surface area (Å²) in [5.41, 5.74) is 1.02. The summed E-state index contributed by atoms with van der Waals surface area (Å²) in [4.78, 5) is 17.4. The Bertz CT molecular complexity index is 976. The quantitative estimate of drug-likeness (QED) is 0.661. The third kappa shape index (κ3) is 4.16. The third-order valence-corrected chi connectivity index (χ3v) is 4.52. The molecule has 1 aromatic heterocycles. The lowest BCUT2D eigenvalue weighted by molar-refractivity contribution is 0.0940. The lowest BCUT2D eigenvalue weighted by Crippen LogP contribution is -2.31.